The molecule has 20 heavy (non-hydrogen) atoms. The first-order chi connectivity index (χ1) is 8.97. The Labute approximate surface area is 132 Å². The van der Waals surface area contributed by atoms with Crippen LogP contribution in [0.4, 0.5) is 18.9 Å². The average molecular weight is 403 g/mol. The zero-order valence-corrected chi connectivity index (χ0v) is 13.0. The van der Waals surface area contributed by atoms with Crippen LogP contribution in [0.25, 0.3) is 0 Å². The van der Waals surface area contributed by atoms with Crippen LogP contribution >= 0.6 is 24.0 Å². The van der Waals surface area contributed by atoms with Gasteiger partial charge in [-0.2, -0.15) is 13.2 Å². The summed E-state index contributed by atoms with van der Waals surface area (Å²) in [5.74, 6) is 0.224. The van der Waals surface area contributed by atoms with Gasteiger partial charge in [0.2, 0.25) is 0 Å². The molecule has 1 aromatic rings. The molecule has 4 nitrogen and oxygen atoms in total. The second-order valence-corrected chi connectivity index (χ2v) is 3.78. The predicted octanol–water partition coefficient (Wildman–Crippen LogP) is 3.00. The quantitative estimate of drug-likeness (QED) is 0.332. The van der Waals surface area contributed by atoms with Gasteiger partial charge in [0.25, 0.3) is 0 Å². The third-order valence-corrected chi connectivity index (χ3v) is 2.04. The number of halogens is 4. The van der Waals surface area contributed by atoms with Crippen LogP contribution in [0.1, 0.15) is 6.42 Å². The summed E-state index contributed by atoms with van der Waals surface area (Å²) in [6, 6.07) is 9.22. The molecular formula is C12H17F3IN3O. The molecule has 0 aliphatic heterocycles. The van der Waals surface area contributed by atoms with E-state index in [-0.39, 0.29) is 36.5 Å². The molecule has 0 aromatic heterocycles. The molecule has 0 atom stereocenters. The minimum atomic E-state index is -4.28. The van der Waals surface area contributed by atoms with E-state index in [1.807, 2.05) is 30.3 Å². The Morgan fingerprint density at radius 3 is 2.50 bits per heavy atom. The van der Waals surface area contributed by atoms with Gasteiger partial charge >= 0.3 is 6.18 Å². The predicted molar refractivity (Wildman–Crippen MR) is 83.5 cm³/mol. The molecule has 0 saturated carbocycles. The number of aliphatic imine (C=N–C) groups is 1. The lowest BCUT2D eigenvalue weighted by atomic mass is 10.3. The van der Waals surface area contributed by atoms with Crippen LogP contribution in [0, 0.1) is 0 Å². The van der Waals surface area contributed by atoms with Crippen molar-refractivity contribution in [2.45, 2.75) is 12.6 Å². The number of anilines is 1. The molecule has 0 spiro atoms. The Hall–Kier alpha value is -1.03. The number of rotatable bonds is 6. The van der Waals surface area contributed by atoms with Crippen molar-refractivity contribution in [1.82, 2.24) is 0 Å². The molecule has 3 N–H and O–H groups in total. The van der Waals surface area contributed by atoms with E-state index in [0.29, 0.717) is 13.0 Å². The van der Waals surface area contributed by atoms with E-state index in [9.17, 15) is 13.2 Å². The lowest BCUT2D eigenvalue weighted by Crippen LogP contribution is -2.23. The molecule has 8 heteroatoms. The SMILES string of the molecule is I.NC(=NCCCOCC(F)(F)F)Nc1ccccc1. The number of nitrogens with two attached hydrogens (primary N) is 1. The van der Waals surface area contributed by atoms with E-state index < -0.39 is 12.8 Å². The average Bonchev–Trinajstić information content (AvgIpc) is 2.33. The van der Waals surface area contributed by atoms with Gasteiger partial charge in [-0.15, -0.1) is 24.0 Å². The maximum Gasteiger partial charge on any atom is 0.411 e. The highest BCUT2D eigenvalue weighted by Crippen LogP contribution is 2.14. The van der Waals surface area contributed by atoms with Gasteiger partial charge in [-0.3, -0.25) is 4.99 Å². The molecule has 0 aliphatic carbocycles. The Morgan fingerprint density at radius 2 is 1.90 bits per heavy atom. The fourth-order valence-electron chi connectivity index (χ4n) is 1.26. The fraction of sp³-hybridized carbons (Fsp3) is 0.417. The first kappa shape index (κ1) is 19.0. The summed E-state index contributed by atoms with van der Waals surface area (Å²) >= 11 is 0. The number of guanidine groups is 1. The summed E-state index contributed by atoms with van der Waals surface area (Å²) in [6.45, 7) is -0.917. The number of nitrogens with zero attached hydrogens (tertiary/aromatic N) is 1. The molecule has 0 unspecified atom stereocenters. The fourth-order valence-corrected chi connectivity index (χ4v) is 1.26. The third kappa shape index (κ3) is 9.84. The molecule has 114 valence electrons. The summed E-state index contributed by atoms with van der Waals surface area (Å²) < 4.78 is 39.7. The Kier molecular flexibility index (Phi) is 9.30. The van der Waals surface area contributed by atoms with E-state index in [0.717, 1.165) is 5.69 Å². The highest BCUT2D eigenvalue weighted by atomic mass is 127. The van der Waals surface area contributed by atoms with Crippen molar-refractivity contribution in [2.75, 3.05) is 25.1 Å². The molecule has 0 heterocycles. The monoisotopic (exact) mass is 403 g/mol. The molecule has 0 bridgehead atoms. The first-order valence-corrected chi connectivity index (χ1v) is 5.74. The van der Waals surface area contributed by atoms with Crippen molar-refractivity contribution in [3.8, 4) is 0 Å². The summed E-state index contributed by atoms with van der Waals surface area (Å²) in [5.41, 5.74) is 6.41. The molecular weight excluding hydrogens is 386 g/mol. The number of para-hydroxylation sites is 1. The van der Waals surface area contributed by atoms with Gasteiger partial charge in [0.15, 0.2) is 5.96 Å². The maximum atomic E-state index is 11.8. The second-order valence-electron chi connectivity index (χ2n) is 3.78. The van der Waals surface area contributed by atoms with Crippen LogP contribution in [0.3, 0.4) is 0 Å². The van der Waals surface area contributed by atoms with E-state index >= 15 is 0 Å². The zero-order valence-electron chi connectivity index (χ0n) is 10.7. The van der Waals surface area contributed by atoms with Crippen LogP contribution in [0.2, 0.25) is 0 Å². The van der Waals surface area contributed by atoms with Gasteiger partial charge in [-0.05, 0) is 18.6 Å². The molecule has 0 saturated heterocycles. The summed E-state index contributed by atoms with van der Waals surface area (Å²) in [6.07, 6.45) is -3.90. The number of benzene rings is 1. The van der Waals surface area contributed by atoms with E-state index in [4.69, 9.17) is 5.73 Å². The summed E-state index contributed by atoms with van der Waals surface area (Å²) in [7, 11) is 0. The van der Waals surface area contributed by atoms with Gasteiger partial charge < -0.3 is 15.8 Å². The molecule has 0 radical (unpaired) electrons. The minimum absolute atomic E-state index is 0. The largest absolute Gasteiger partial charge is 0.411 e. The normalized spacial score (nSPS) is 11.8. The third-order valence-electron chi connectivity index (χ3n) is 2.04. The van der Waals surface area contributed by atoms with Gasteiger partial charge in [-0.1, -0.05) is 18.2 Å². The Bertz CT molecular complexity index is 399. The highest BCUT2D eigenvalue weighted by Gasteiger charge is 2.27. The van der Waals surface area contributed by atoms with Crippen LogP contribution in [-0.4, -0.2) is 31.9 Å². The van der Waals surface area contributed by atoms with Gasteiger partial charge in [0.05, 0.1) is 0 Å². The van der Waals surface area contributed by atoms with Crippen molar-refractivity contribution >= 4 is 35.6 Å². The smallest absolute Gasteiger partial charge is 0.372 e. The number of hydrogen-bond donors (Lipinski definition) is 2. The molecule has 0 amide bonds. The van der Waals surface area contributed by atoms with Crippen LogP contribution in [0.5, 0.6) is 0 Å². The number of ether oxygens (including phenoxy) is 1. The van der Waals surface area contributed by atoms with Gasteiger partial charge in [0, 0.05) is 18.8 Å². The van der Waals surface area contributed by atoms with Crippen molar-refractivity contribution in [2.24, 2.45) is 10.7 Å². The molecule has 1 aromatic carbocycles. The number of alkyl halides is 3. The minimum Gasteiger partial charge on any atom is -0.372 e. The Balaban J connectivity index is 0.00000361. The second kappa shape index (κ2) is 9.81. The number of nitrogens with one attached hydrogen (secondary N) is 1. The van der Waals surface area contributed by atoms with Crippen molar-refractivity contribution < 1.29 is 17.9 Å². The standard InChI is InChI=1S/C12H16F3N3O.HI/c13-12(14,15)9-19-8-4-7-17-11(16)18-10-5-2-1-3-6-10;/h1-3,5-6H,4,7-9H2,(H3,16,17,18);1H. The van der Waals surface area contributed by atoms with Gasteiger partial charge in [-0.25, -0.2) is 0 Å². The van der Waals surface area contributed by atoms with E-state index in [1.54, 1.807) is 0 Å². The highest BCUT2D eigenvalue weighted by molar-refractivity contribution is 14.0. The topological polar surface area (TPSA) is 59.6 Å². The first-order valence-electron chi connectivity index (χ1n) is 5.74. The lowest BCUT2D eigenvalue weighted by molar-refractivity contribution is -0.173. The van der Waals surface area contributed by atoms with Crippen molar-refractivity contribution in [3.05, 3.63) is 30.3 Å². The Morgan fingerprint density at radius 1 is 1.25 bits per heavy atom. The maximum absolute atomic E-state index is 11.8. The van der Waals surface area contributed by atoms with E-state index in [2.05, 4.69) is 15.0 Å². The molecule has 1 rings (SSSR count). The van der Waals surface area contributed by atoms with Crippen LogP contribution in [-0.2, 0) is 4.74 Å². The van der Waals surface area contributed by atoms with Gasteiger partial charge in [0.1, 0.15) is 6.61 Å². The number of hydrogen-bond acceptors (Lipinski definition) is 2. The van der Waals surface area contributed by atoms with Crippen LogP contribution < -0.4 is 11.1 Å². The van der Waals surface area contributed by atoms with Crippen LogP contribution in [0.15, 0.2) is 35.3 Å². The van der Waals surface area contributed by atoms with Crippen molar-refractivity contribution in [3.63, 3.8) is 0 Å². The lowest BCUT2D eigenvalue weighted by Gasteiger charge is -2.07. The van der Waals surface area contributed by atoms with E-state index in [1.165, 1.54) is 0 Å². The molecule has 0 aliphatic rings. The summed E-state index contributed by atoms with van der Waals surface area (Å²) in [4.78, 5) is 3.98. The van der Waals surface area contributed by atoms with Crippen molar-refractivity contribution in [1.29, 1.82) is 0 Å². The summed E-state index contributed by atoms with van der Waals surface area (Å²) in [5, 5.41) is 2.86. The molecule has 0 fully saturated rings. The zero-order chi connectivity index (χ0) is 14.1.